The van der Waals surface area contributed by atoms with Crippen molar-refractivity contribution in [2.75, 3.05) is 39.6 Å². The lowest BCUT2D eigenvalue weighted by Gasteiger charge is -2.21. The number of aliphatic hydroxyl groups excluding tert-OH is 1. The standard InChI is InChI=1S/C77H138O17P2/c1-5-9-13-17-21-25-29-32-33-34-35-36-37-40-43-46-50-54-58-62-75(80)88-67-72(93-76(81)63-59-55-51-47-41-28-24-20-16-12-8-4)69-91-95(83,84)89-65-71(78)66-90-96(85,86)92-70-73(94-77(82)64-60-56-52-48-44-39-31-27-23-19-15-11-7-3)68-87-74(79)61-57-53-49-45-42-38-30-26-22-18-14-10-6-2/h9,13-14,18,21,25-26,30,32-33,35-36,71-73,78H,5-8,10-12,15-17,19-20,22-24,27-29,31,34,37-70H2,1-4H3,(H,83,84)(H,85,86)/b13-9-,18-14-,25-21-,30-26-,33-32-,36-35-. The van der Waals surface area contributed by atoms with E-state index in [0.717, 1.165) is 167 Å². The topological polar surface area (TPSA) is 237 Å². The largest absolute Gasteiger partial charge is 0.472 e. The van der Waals surface area contributed by atoms with Crippen LogP contribution < -0.4 is 0 Å². The van der Waals surface area contributed by atoms with Crippen LogP contribution in [0.3, 0.4) is 0 Å². The minimum absolute atomic E-state index is 0.0960. The van der Waals surface area contributed by atoms with Gasteiger partial charge in [0.25, 0.3) is 0 Å². The van der Waals surface area contributed by atoms with Crippen molar-refractivity contribution in [2.24, 2.45) is 0 Å². The molecule has 0 radical (unpaired) electrons. The van der Waals surface area contributed by atoms with Crippen LogP contribution in [0.25, 0.3) is 0 Å². The highest BCUT2D eigenvalue weighted by Crippen LogP contribution is 2.45. The Bertz CT molecular complexity index is 2110. The van der Waals surface area contributed by atoms with Gasteiger partial charge in [0.2, 0.25) is 0 Å². The van der Waals surface area contributed by atoms with Gasteiger partial charge in [-0.15, -0.1) is 0 Å². The number of carbonyl (C=O) groups excluding carboxylic acids is 4. The number of esters is 4. The fourth-order valence-corrected chi connectivity index (χ4v) is 11.9. The van der Waals surface area contributed by atoms with Gasteiger partial charge in [-0.25, -0.2) is 9.13 Å². The Morgan fingerprint density at radius 1 is 0.302 bits per heavy atom. The lowest BCUT2D eigenvalue weighted by atomic mass is 10.0. The average molecular weight is 1400 g/mol. The van der Waals surface area contributed by atoms with E-state index in [2.05, 4.69) is 101 Å². The van der Waals surface area contributed by atoms with Crippen LogP contribution >= 0.6 is 15.6 Å². The van der Waals surface area contributed by atoms with Gasteiger partial charge in [-0.05, 0) is 89.9 Å². The van der Waals surface area contributed by atoms with Gasteiger partial charge < -0.3 is 33.8 Å². The first-order chi connectivity index (χ1) is 46.7. The van der Waals surface area contributed by atoms with E-state index >= 15 is 0 Å². The lowest BCUT2D eigenvalue weighted by Crippen LogP contribution is -2.30. The highest BCUT2D eigenvalue weighted by atomic mass is 31.2. The highest BCUT2D eigenvalue weighted by molar-refractivity contribution is 7.47. The Labute approximate surface area is 583 Å². The van der Waals surface area contributed by atoms with Gasteiger partial charge in [0.15, 0.2) is 12.2 Å². The zero-order valence-electron chi connectivity index (χ0n) is 60.8. The number of allylic oxidation sites excluding steroid dienone is 12. The van der Waals surface area contributed by atoms with Crippen LogP contribution in [0, 0.1) is 0 Å². The third-order valence-corrected chi connectivity index (χ3v) is 18.1. The zero-order valence-corrected chi connectivity index (χ0v) is 62.6. The number of hydrogen-bond acceptors (Lipinski definition) is 15. The van der Waals surface area contributed by atoms with Crippen LogP contribution in [0.2, 0.25) is 0 Å². The van der Waals surface area contributed by atoms with Crippen LogP contribution in [-0.2, 0) is 65.4 Å². The number of carbonyl (C=O) groups is 4. The summed E-state index contributed by atoms with van der Waals surface area (Å²) in [4.78, 5) is 72.8. The van der Waals surface area contributed by atoms with Crippen molar-refractivity contribution in [1.82, 2.24) is 0 Å². The maximum Gasteiger partial charge on any atom is 0.472 e. The minimum Gasteiger partial charge on any atom is -0.462 e. The van der Waals surface area contributed by atoms with Gasteiger partial charge in [-0.1, -0.05) is 293 Å². The molecule has 0 saturated carbocycles. The predicted octanol–water partition coefficient (Wildman–Crippen LogP) is 21.7. The van der Waals surface area contributed by atoms with E-state index in [1.54, 1.807) is 0 Å². The third kappa shape index (κ3) is 69.0. The first-order valence-corrected chi connectivity index (χ1v) is 41.2. The van der Waals surface area contributed by atoms with Crippen LogP contribution in [0.15, 0.2) is 72.9 Å². The summed E-state index contributed by atoms with van der Waals surface area (Å²) < 4.78 is 68.4. The summed E-state index contributed by atoms with van der Waals surface area (Å²) in [5, 5.41) is 10.6. The maximum absolute atomic E-state index is 13.1. The molecule has 0 bridgehead atoms. The summed E-state index contributed by atoms with van der Waals surface area (Å²) >= 11 is 0. The van der Waals surface area contributed by atoms with Crippen molar-refractivity contribution in [3.8, 4) is 0 Å². The minimum atomic E-state index is -4.97. The Balaban J connectivity index is 5.28. The Morgan fingerprint density at radius 2 is 0.562 bits per heavy atom. The Hall–Kier alpha value is -3.50. The summed E-state index contributed by atoms with van der Waals surface area (Å²) in [5.41, 5.74) is 0. The monoisotopic (exact) mass is 1400 g/mol. The molecule has 0 aromatic heterocycles. The van der Waals surface area contributed by atoms with Crippen LogP contribution in [0.5, 0.6) is 0 Å². The van der Waals surface area contributed by atoms with Gasteiger partial charge in [-0.3, -0.25) is 37.3 Å². The van der Waals surface area contributed by atoms with Crippen LogP contribution in [-0.4, -0.2) is 96.7 Å². The summed E-state index contributed by atoms with van der Waals surface area (Å²) in [6.07, 6.45) is 68.9. The van der Waals surface area contributed by atoms with Gasteiger partial charge >= 0.3 is 39.5 Å². The first kappa shape index (κ1) is 92.5. The molecule has 3 N–H and O–H groups in total. The van der Waals surface area contributed by atoms with E-state index in [1.807, 2.05) is 0 Å². The molecule has 0 heterocycles. The van der Waals surface area contributed by atoms with Crippen molar-refractivity contribution in [3.05, 3.63) is 72.9 Å². The highest BCUT2D eigenvalue weighted by Gasteiger charge is 2.30. The molecule has 0 aliphatic heterocycles. The molecular formula is C77H138O17P2. The van der Waals surface area contributed by atoms with E-state index in [-0.39, 0.29) is 25.7 Å². The van der Waals surface area contributed by atoms with Crippen molar-refractivity contribution in [1.29, 1.82) is 0 Å². The zero-order chi connectivity index (χ0) is 70.4. The first-order valence-electron chi connectivity index (χ1n) is 38.2. The number of hydrogen-bond donors (Lipinski definition) is 3. The van der Waals surface area contributed by atoms with Gasteiger partial charge in [-0.2, -0.15) is 0 Å². The van der Waals surface area contributed by atoms with Crippen LogP contribution in [0.1, 0.15) is 336 Å². The molecule has 96 heavy (non-hydrogen) atoms. The van der Waals surface area contributed by atoms with E-state index in [1.165, 1.54) is 89.9 Å². The molecular weight excluding hydrogens is 1260 g/mol. The second-order valence-corrected chi connectivity index (χ2v) is 28.5. The fraction of sp³-hybridized carbons (Fsp3) is 0.792. The van der Waals surface area contributed by atoms with E-state index in [0.29, 0.717) is 25.7 Å². The molecule has 0 saturated heterocycles. The summed E-state index contributed by atoms with van der Waals surface area (Å²) in [5.74, 6) is -2.18. The summed E-state index contributed by atoms with van der Waals surface area (Å²) in [7, 11) is -9.93. The molecule has 17 nitrogen and oxygen atoms in total. The Morgan fingerprint density at radius 3 is 0.875 bits per heavy atom. The second kappa shape index (κ2) is 70.0. The maximum atomic E-state index is 13.1. The lowest BCUT2D eigenvalue weighted by molar-refractivity contribution is -0.161. The third-order valence-electron chi connectivity index (χ3n) is 16.2. The fourth-order valence-electron chi connectivity index (χ4n) is 10.4. The van der Waals surface area contributed by atoms with Crippen molar-refractivity contribution < 1.29 is 80.2 Å². The van der Waals surface area contributed by atoms with Crippen LogP contribution in [0.4, 0.5) is 0 Å². The van der Waals surface area contributed by atoms with E-state index < -0.39 is 97.5 Å². The molecule has 0 aliphatic carbocycles. The number of phosphoric ester groups is 2. The number of ether oxygens (including phenoxy) is 4. The Kier molecular flexibility index (Phi) is 67.4. The molecule has 0 aromatic carbocycles. The average Bonchev–Trinajstić information content (AvgIpc) is 1.11. The second-order valence-electron chi connectivity index (χ2n) is 25.6. The molecule has 0 spiro atoms. The molecule has 5 unspecified atom stereocenters. The summed E-state index contributed by atoms with van der Waals surface area (Å²) in [6, 6.07) is 0. The van der Waals surface area contributed by atoms with Crippen molar-refractivity contribution in [2.45, 2.75) is 354 Å². The van der Waals surface area contributed by atoms with E-state index in [4.69, 9.17) is 37.0 Å². The number of unbranched alkanes of at least 4 members (excludes halogenated alkanes) is 34. The summed E-state index contributed by atoms with van der Waals surface area (Å²) in [6.45, 7) is 4.70. The van der Waals surface area contributed by atoms with Crippen molar-refractivity contribution in [3.63, 3.8) is 0 Å². The molecule has 0 aromatic rings. The number of rotatable bonds is 72. The number of aliphatic hydroxyl groups is 1. The van der Waals surface area contributed by atoms with Gasteiger partial charge in [0, 0.05) is 25.7 Å². The SMILES string of the molecule is CC/C=C\C/C=C\C/C=C\C/C=C\CCCCCCCCC(=O)OCC(COP(=O)(O)OCC(O)COP(=O)(O)OCC(COC(=O)CCCCCCC/C=C\C/C=C\CCC)OC(=O)CCCCCCCCCCCCCCC)OC(=O)CCCCCCCCCCCCC. The normalized spacial score (nSPS) is 14.4. The molecule has 5 atom stereocenters. The predicted molar refractivity (Wildman–Crippen MR) is 390 cm³/mol. The van der Waals surface area contributed by atoms with Gasteiger partial charge in [0.1, 0.15) is 19.3 Å². The quantitative estimate of drug-likeness (QED) is 0.0169. The number of phosphoric acid groups is 2. The molecule has 558 valence electrons. The molecule has 0 rings (SSSR count). The smallest absolute Gasteiger partial charge is 0.462 e. The molecule has 0 fully saturated rings. The van der Waals surface area contributed by atoms with Crippen molar-refractivity contribution >= 4 is 39.5 Å². The molecule has 0 aliphatic rings. The van der Waals surface area contributed by atoms with Gasteiger partial charge in [0.05, 0.1) is 26.4 Å². The molecule has 0 amide bonds. The van der Waals surface area contributed by atoms with E-state index in [9.17, 15) is 43.2 Å². The molecule has 19 heteroatoms.